The van der Waals surface area contributed by atoms with E-state index in [2.05, 4.69) is 10.6 Å². The average molecular weight is 428 g/mol. The third kappa shape index (κ3) is 7.65. The van der Waals surface area contributed by atoms with Crippen molar-refractivity contribution in [1.82, 2.24) is 0 Å². The number of anilines is 2. The molecule has 0 radical (unpaired) electrons. The molecular weight excluding hydrogens is 400 g/mol. The molecule has 0 aromatic heterocycles. The first kappa shape index (κ1) is 23.7. The van der Waals surface area contributed by atoms with Crippen molar-refractivity contribution in [3.8, 4) is 11.5 Å². The summed E-state index contributed by atoms with van der Waals surface area (Å²) in [6.07, 6.45) is 0.534. The standard InChI is InChI=1S/C23H28N2O6/c1-15-8-9-16(2)18(12-15)24-21(26)6-5-7-23(28)31-14-22(27)25-19-13-17(29-3)10-11-20(19)30-4/h8-13H,5-7,14H2,1-4H3,(H,24,26)(H,25,27). The van der Waals surface area contributed by atoms with Gasteiger partial charge < -0.3 is 24.8 Å². The van der Waals surface area contributed by atoms with Crippen LogP contribution in [0.4, 0.5) is 11.4 Å². The van der Waals surface area contributed by atoms with Gasteiger partial charge in [0.2, 0.25) is 5.91 Å². The van der Waals surface area contributed by atoms with Crippen molar-refractivity contribution in [2.24, 2.45) is 0 Å². The van der Waals surface area contributed by atoms with E-state index in [9.17, 15) is 14.4 Å². The second-order valence-electron chi connectivity index (χ2n) is 7.00. The largest absolute Gasteiger partial charge is 0.497 e. The molecule has 2 rings (SSSR count). The zero-order valence-electron chi connectivity index (χ0n) is 18.2. The van der Waals surface area contributed by atoms with Crippen LogP contribution in [0.15, 0.2) is 36.4 Å². The van der Waals surface area contributed by atoms with Gasteiger partial charge in [-0.3, -0.25) is 14.4 Å². The van der Waals surface area contributed by atoms with E-state index in [1.54, 1.807) is 18.2 Å². The zero-order chi connectivity index (χ0) is 22.8. The minimum atomic E-state index is -0.549. The first-order valence-corrected chi connectivity index (χ1v) is 9.87. The van der Waals surface area contributed by atoms with E-state index in [1.807, 2.05) is 32.0 Å². The predicted octanol–water partition coefficient (Wildman–Crippen LogP) is 3.61. The fourth-order valence-electron chi connectivity index (χ4n) is 2.79. The Morgan fingerprint density at radius 3 is 2.29 bits per heavy atom. The van der Waals surface area contributed by atoms with Crippen LogP contribution >= 0.6 is 0 Å². The Morgan fingerprint density at radius 2 is 1.58 bits per heavy atom. The Hall–Kier alpha value is -3.55. The second kappa shape index (κ2) is 11.6. The molecule has 2 N–H and O–H groups in total. The van der Waals surface area contributed by atoms with E-state index >= 15 is 0 Å². The monoisotopic (exact) mass is 428 g/mol. The molecule has 2 aromatic carbocycles. The lowest BCUT2D eigenvalue weighted by Crippen LogP contribution is -2.21. The van der Waals surface area contributed by atoms with Gasteiger partial charge in [-0.05, 0) is 49.6 Å². The molecule has 0 aliphatic carbocycles. The summed E-state index contributed by atoms with van der Waals surface area (Å²) in [7, 11) is 2.99. The molecular formula is C23H28N2O6. The Labute approximate surface area is 181 Å². The Morgan fingerprint density at radius 1 is 0.839 bits per heavy atom. The SMILES string of the molecule is COc1ccc(OC)c(NC(=O)COC(=O)CCCC(=O)Nc2cc(C)ccc2C)c1. The molecule has 0 aliphatic rings. The smallest absolute Gasteiger partial charge is 0.306 e. The summed E-state index contributed by atoms with van der Waals surface area (Å²) >= 11 is 0. The summed E-state index contributed by atoms with van der Waals surface area (Å²) in [5.74, 6) is -0.230. The van der Waals surface area contributed by atoms with Crippen LogP contribution in [0.25, 0.3) is 0 Å². The number of carbonyl (C=O) groups excluding carboxylic acids is 3. The van der Waals surface area contributed by atoms with Crippen molar-refractivity contribution in [1.29, 1.82) is 0 Å². The molecule has 2 aromatic rings. The molecule has 0 atom stereocenters. The fraction of sp³-hybridized carbons (Fsp3) is 0.348. The maximum Gasteiger partial charge on any atom is 0.306 e. The van der Waals surface area contributed by atoms with Gasteiger partial charge in [0.15, 0.2) is 6.61 Å². The molecule has 0 saturated carbocycles. The lowest BCUT2D eigenvalue weighted by atomic mass is 10.1. The Balaban J connectivity index is 1.72. The highest BCUT2D eigenvalue weighted by atomic mass is 16.5. The second-order valence-corrected chi connectivity index (χ2v) is 7.00. The molecule has 0 bridgehead atoms. The number of aryl methyl sites for hydroxylation is 2. The van der Waals surface area contributed by atoms with Crippen molar-refractivity contribution >= 4 is 29.2 Å². The number of esters is 1. The minimum Gasteiger partial charge on any atom is -0.497 e. The number of ether oxygens (including phenoxy) is 3. The van der Waals surface area contributed by atoms with Crippen molar-refractivity contribution in [3.05, 3.63) is 47.5 Å². The Kier molecular flexibility index (Phi) is 8.87. The number of hydrogen-bond acceptors (Lipinski definition) is 6. The highest BCUT2D eigenvalue weighted by Gasteiger charge is 2.13. The molecule has 8 heteroatoms. The van der Waals surface area contributed by atoms with Gasteiger partial charge in [-0.25, -0.2) is 0 Å². The number of carbonyl (C=O) groups is 3. The van der Waals surface area contributed by atoms with E-state index in [0.29, 0.717) is 23.6 Å². The fourth-order valence-corrected chi connectivity index (χ4v) is 2.79. The minimum absolute atomic E-state index is 0.0377. The van der Waals surface area contributed by atoms with Gasteiger partial charge in [-0.2, -0.15) is 0 Å². The lowest BCUT2D eigenvalue weighted by molar-refractivity contribution is -0.147. The van der Waals surface area contributed by atoms with Gasteiger partial charge in [-0.1, -0.05) is 12.1 Å². The predicted molar refractivity (Wildman–Crippen MR) is 118 cm³/mol. The molecule has 0 heterocycles. The lowest BCUT2D eigenvalue weighted by Gasteiger charge is -2.12. The summed E-state index contributed by atoms with van der Waals surface area (Å²) < 4.78 is 15.3. The van der Waals surface area contributed by atoms with Gasteiger partial charge in [0.1, 0.15) is 11.5 Å². The summed E-state index contributed by atoms with van der Waals surface area (Å²) in [5, 5.41) is 5.46. The Bertz CT molecular complexity index is 942. The number of methoxy groups -OCH3 is 2. The van der Waals surface area contributed by atoms with Crippen LogP contribution in [0, 0.1) is 13.8 Å². The van der Waals surface area contributed by atoms with Crippen LogP contribution in [0.1, 0.15) is 30.4 Å². The molecule has 8 nitrogen and oxygen atoms in total. The normalized spacial score (nSPS) is 10.2. The third-order valence-corrected chi connectivity index (χ3v) is 4.50. The molecule has 2 amide bonds. The number of hydrogen-bond donors (Lipinski definition) is 2. The zero-order valence-corrected chi connectivity index (χ0v) is 18.2. The van der Waals surface area contributed by atoms with Gasteiger partial charge in [0.05, 0.1) is 19.9 Å². The first-order chi connectivity index (χ1) is 14.8. The molecule has 166 valence electrons. The summed E-state index contributed by atoms with van der Waals surface area (Å²) in [6, 6.07) is 10.8. The topological polar surface area (TPSA) is 103 Å². The number of amides is 2. The van der Waals surface area contributed by atoms with Crippen LogP contribution in [0.2, 0.25) is 0 Å². The highest BCUT2D eigenvalue weighted by molar-refractivity contribution is 5.94. The van der Waals surface area contributed by atoms with Gasteiger partial charge in [-0.15, -0.1) is 0 Å². The van der Waals surface area contributed by atoms with Crippen molar-refractivity contribution in [2.45, 2.75) is 33.1 Å². The van der Waals surface area contributed by atoms with Crippen LogP contribution in [0.5, 0.6) is 11.5 Å². The average Bonchev–Trinajstić information content (AvgIpc) is 2.74. The van der Waals surface area contributed by atoms with Crippen molar-refractivity contribution in [3.63, 3.8) is 0 Å². The van der Waals surface area contributed by atoms with Crippen LogP contribution in [-0.4, -0.2) is 38.6 Å². The van der Waals surface area contributed by atoms with Crippen molar-refractivity contribution < 1.29 is 28.6 Å². The molecule has 0 saturated heterocycles. The number of nitrogens with one attached hydrogen (secondary N) is 2. The summed E-state index contributed by atoms with van der Waals surface area (Å²) in [5.41, 5.74) is 3.19. The maximum absolute atomic E-state index is 12.1. The maximum atomic E-state index is 12.1. The van der Waals surface area contributed by atoms with Crippen LogP contribution < -0.4 is 20.1 Å². The van der Waals surface area contributed by atoms with Gasteiger partial charge in [0, 0.05) is 24.6 Å². The summed E-state index contributed by atoms with van der Waals surface area (Å²) in [6.45, 7) is 3.43. The number of rotatable bonds is 10. The van der Waals surface area contributed by atoms with E-state index in [4.69, 9.17) is 14.2 Å². The van der Waals surface area contributed by atoms with Crippen molar-refractivity contribution in [2.75, 3.05) is 31.5 Å². The van der Waals surface area contributed by atoms with Crippen LogP contribution in [0.3, 0.4) is 0 Å². The van der Waals surface area contributed by atoms with E-state index in [0.717, 1.165) is 16.8 Å². The quantitative estimate of drug-likeness (QED) is 0.561. The first-order valence-electron chi connectivity index (χ1n) is 9.87. The van der Waals surface area contributed by atoms with Gasteiger partial charge in [0.25, 0.3) is 5.91 Å². The molecule has 0 fully saturated rings. The molecule has 31 heavy (non-hydrogen) atoms. The molecule has 0 unspecified atom stereocenters. The van der Waals surface area contributed by atoms with Gasteiger partial charge >= 0.3 is 5.97 Å². The van der Waals surface area contributed by atoms with E-state index in [1.165, 1.54) is 14.2 Å². The molecule has 0 aliphatic heterocycles. The van der Waals surface area contributed by atoms with E-state index in [-0.39, 0.29) is 18.7 Å². The number of benzene rings is 2. The highest BCUT2D eigenvalue weighted by Crippen LogP contribution is 2.28. The van der Waals surface area contributed by atoms with Crippen LogP contribution in [-0.2, 0) is 19.1 Å². The third-order valence-electron chi connectivity index (χ3n) is 4.50. The van der Waals surface area contributed by atoms with E-state index < -0.39 is 18.5 Å². The molecule has 0 spiro atoms. The summed E-state index contributed by atoms with van der Waals surface area (Å²) in [4.78, 5) is 36.1.